The molecule has 0 aromatic heterocycles. The lowest BCUT2D eigenvalue weighted by Crippen LogP contribution is -2.76. The van der Waals surface area contributed by atoms with E-state index in [4.69, 9.17) is 0 Å². The minimum atomic E-state index is -0.167. The third-order valence-electron chi connectivity index (χ3n) is 10.7. The van der Waals surface area contributed by atoms with Crippen LogP contribution in [0.2, 0.25) is 0 Å². The average Bonchev–Trinajstić information content (AvgIpc) is 2.63. The van der Waals surface area contributed by atoms with E-state index in [1.54, 1.807) is 0 Å². The molecule has 0 bridgehead atoms. The molecule has 206 valence electrons. The summed E-state index contributed by atoms with van der Waals surface area (Å²) >= 11 is 0. The van der Waals surface area contributed by atoms with Gasteiger partial charge in [0.1, 0.15) is 0 Å². The minimum Gasteiger partial charge on any atom is -0.131 e. The molecule has 0 amide bonds. The SMILES string of the molecule is CCC(P)(C(C)(P)C(C)(C)P)C(C)(P)C(C)(P)C(C)(P)C(C)(P)C(P)(CC)C(C)(P)C(C)(C)P. The van der Waals surface area contributed by atoms with Gasteiger partial charge in [0, 0.05) is 41.2 Å². The highest BCUT2D eigenvalue weighted by atomic mass is 31.0. The predicted molar refractivity (Wildman–Crippen MR) is 202 cm³/mol. The van der Waals surface area contributed by atoms with E-state index in [9.17, 15) is 0 Å². The zero-order valence-electron chi connectivity index (χ0n) is 24.2. The lowest BCUT2D eigenvalue weighted by Gasteiger charge is -2.71. The second-order valence-electron chi connectivity index (χ2n) is 13.3. The molecule has 0 N–H and O–H groups in total. The van der Waals surface area contributed by atoms with E-state index in [0.717, 1.165) is 12.8 Å². The van der Waals surface area contributed by atoms with Gasteiger partial charge < -0.3 is 0 Å². The Morgan fingerprint density at radius 1 is 0.324 bits per heavy atom. The molecular formula is C24H60P10. The van der Waals surface area contributed by atoms with Crippen molar-refractivity contribution in [3.63, 3.8) is 0 Å². The van der Waals surface area contributed by atoms with Gasteiger partial charge in [-0.3, -0.25) is 0 Å². The van der Waals surface area contributed by atoms with Crippen LogP contribution >= 0.6 is 92.4 Å². The van der Waals surface area contributed by atoms with E-state index in [-0.39, 0.29) is 51.6 Å². The van der Waals surface area contributed by atoms with Gasteiger partial charge in [0.05, 0.1) is 0 Å². The van der Waals surface area contributed by atoms with Crippen LogP contribution in [0.1, 0.15) is 95.9 Å². The van der Waals surface area contributed by atoms with E-state index < -0.39 is 0 Å². The van der Waals surface area contributed by atoms with E-state index in [1.165, 1.54) is 0 Å². The summed E-state index contributed by atoms with van der Waals surface area (Å²) in [6.45, 7) is 28.7. The zero-order chi connectivity index (χ0) is 28.4. The fourth-order valence-corrected chi connectivity index (χ4v) is 12.6. The van der Waals surface area contributed by atoms with Gasteiger partial charge in [0.15, 0.2) is 0 Å². The summed E-state index contributed by atoms with van der Waals surface area (Å²) in [6.07, 6.45) is 2.10. The monoisotopic (exact) mass is 658 g/mol. The Morgan fingerprint density at radius 3 is 0.618 bits per heavy atom. The third kappa shape index (κ3) is 5.43. The molecule has 18 unspecified atom stereocenters. The molecule has 0 aliphatic heterocycles. The summed E-state index contributed by atoms with van der Waals surface area (Å²) in [5.41, 5.74) is 0. The van der Waals surface area contributed by atoms with Crippen LogP contribution in [-0.4, -0.2) is 51.6 Å². The first kappa shape index (κ1) is 38.3. The molecule has 0 spiro atoms. The number of hydrogen-bond donors (Lipinski definition) is 0. The lowest BCUT2D eigenvalue weighted by molar-refractivity contribution is 0.193. The highest BCUT2D eigenvalue weighted by Crippen LogP contribution is 2.71. The molecule has 0 aromatic rings. The quantitative estimate of drug-likeness (QED) is 0.197. The first-order valence-corrected chi connectivity index (χ1v) is 18.0. The Bertz CT molecular complexity index is 663. The summed E-state index contributed by atoms with van der Waals surface area (Å²) in [5, 5.41) is -0.791. The summed E-state index contributed by atoms with van der Waals surface area (Å²) in [4.78, 5) is 0. The van der Waals surface area contributed by atoms with Crippen molar-refractivity contribution in [2.45, 2.75) is 147 Å². The summed E-state index contributed by atoms with van der Waals surface area (Å²) in [5.74, 6) is 0. The van der Waals surface area contributed by atoms with Gasteiger partial charge in [-0.2, -0.15) is 0 Å². The second-order valence-corrected chi connectivity index (χ2v) is 25.1. The maximum absolute atomic E-state index is 3.35. The maximum Gasteiger partial charge on any atom is 0.00396 e. The van der Waals surface area contributed by atoms with Crippen molar-refractivity contribution < 1.29 is 0 Å². The molecule has 0 saturated carbocycles. The second kappa shape index (κ2) is 11.2. The van der Waals surface area contributed by atoms with E-state index >= 15 is 0 Å². The summed E-state index contributed by atoms with van der Waals surface area (Å²) in [7, 11) is 32.8. The topological polar surface area (TPSA) is 0 Å². The molecular weight excluding hydrogens is 598 g/mol. The molecule has 0 rings (SSSR count). The van der Waals surface area contributed by atoms with E-state index in [1.807, 2.05) is 0 Å². The van der Waals surface area contributed by atoms with Gasteiger partial charge in [0.2, 0.25) is 0 Å². The van der Waals surface area contributed by atoms with Crippen molar-refractivity contribution in [1.82, 2.24) is 0 Å². The number of rotatable bonds is 11. The highest BCUT2D eigenvalue weighted by molar-refractivity contribution is 7.34. The van der Waals surface area contributed by atoms with Gasteiger partial charge in [-0.1, -0.05) is 83.1 Å². The Morgan fingerprint density at radius 2 is 0.500 bits per heavy atom. The average molecular weight is 658 g/mol. The van der Waals surface area contributed by atoms with Gasteiger partial charge >= 0.3 is 0 Å². The van der Waals surface area contributed by atoms with Crippen molar-refractivity contribution >= 4 is 92.4 Å². The first-order valence-electron chi connectivity index (χ1n) is 12.3. The Kier molecular flexibility index (Phi) is 12.6. The van der Waals surface area contributed by atoms with Crippen LogP contribution in [0, 0.1) is 0 Å². The van der Waals surface area contributed by atoms with Crippen molar-refractivity contribution in [2.75, 3.05) is 0 Å². The summed E-state index contributed by atoms with van der Waals surface area (Å²) < 4.78 is 0. The van der Waals surface area contributed by atoms with Crippen LogP contribution in [0.15, 0.2) is 0 Å². The van der Waals surface area contributed by atoms with Gasteiger partial charge in [-0.05, 0) is 23.2 Å². The molecule has 0 aliphatic rings. The molecule has 0 fully saturated rings. The van der Waals surface area contributed by atoms with Crippen LogP contribution in [0.4, 0.5) is 0 Å². The molecule has 34 heavy (non-hydrogen) atoms. The molecule has 0 nitrogen and oxygen atoms in total. The van der Waals surface area contributed by atoms with Crippen molar-refractivity contribution in [1.29, 1.82) is 0 Å². The molecule has 0 radical (unpaired) electrons. The molecule has 18 atom stereocenters. The molecule has 10 heteroatoms. The smallest absolute Gasteiger partial charge is 0.00396 e. The standard InChI is InChI=1S/C24H60P10/c1-13-23(33,17(7,27)15(3,4)25)21(11,31)19(9,29)20(10,30)22(12,32)24(34,14-2)18(8,28)16(5,6)26/h13-14,25-34H2,1-12H3. The molecule has 0 aromatic carbocycles. The Labute approximate surface area is 238 Å². The lowest BCUT2D eigenvalue weighted by atomic mass is 9.60. The molecule has 0 heterocycles. The Balaban J connectivity index is 7.28. The number of hydrogen-bond acceptors (Lipinski definition) is 0. The van der Waals surface area contributed by atoms with E-state index in [2.05, 4.69) is 175 Å². The highest BCUT2D eigenvalue weighted by Gasteiger charge is 2.69. The van der Waals surface area contributed by atoms with Crippen LogP contribution in [0.5, 0.6) is 0 Å². The van der Waals surface area contributed by atoms with Crippen LogP contribution in [-0.2, 0) is 0 Å². The molecule has 0 aliphatic carbocycles. The first-order chi connectivity index (χ1) is 14.4. The van der Waals surface area contributed by atoms with E-state index in [0.29, 0.717) is 0 Å². The predicted octanol–water partition coefficient (Wildman–Crippen LogP) is 8.14. The van der Waals surface area contributed by atoms with Crippen LogP contribution in [0.3, 0.4) is 0 Å². The van der Waals surface area contributed by atoms with Crippen molar-refractivity contribution in [3.8, 4) is 0 Å². The van der Waals surface area contributed by atoms with Crippen LogP contribution < -0.4 is 0 Å². The molecule has 0 saturated heterocycles. The largest absolute Gasteiger partial charge is 0.131 e. The normalized spacial score (nSPS) is 28.1. The third-order valence-corrected chi connectivity index (χ3v) is 25.3. The fraction of sp³-hybridized carbons (Fsp3) is 1.00. The fourth-order valence-electron chi connectivity index (χ4n) is 5.70. The zero-order valence-corrected chi connectivity index (χ0v) is 35.7. The van der Waals surface area contributed by atoms with Gasteiger partial charge in [0.25, 0.3) is 0 Å². The van der Waals surface area contributed by atoms with Crippen molar-refractivity contribution in [2.24, 2.45) is 0 Å². The van der Waals surface area contributed by atoms with Gasteiger partial charge in [-0.25, -0.2) is 0 Å². The minimum absolute atomic E-state index is 0.0332. The van der Waals surface area contributed by atoms with Crippen molar-refractivity contribution in [3.05, 3.63) is 0 Å². The van der Waals surface area contributed by atoms with Gasteiger partial charge in [-0.15, -0.1) is 92.4 Å². The Hall–Kier alpha value is 4.30. The maximum atomic E-state index is 3.35. The summed E-state index contributed by atoms with van der Waals surface area (Å²) in [6, 6.07) is 0. The van der Waals surface area contributed by atoms with Crippen LogP contribution in [0.25, 0.3) is 0 Å².